The van der Waals surface area contributed by atoms with Crippen LogP contribution >= 0.6 is 11.8 Å². The maximum absolute atomic E-state index is 11.5. The molecule has 5 heteroatoms. The number of allylic oxidation sites excluding steroid dienone is 1. The number of nitrogens with zero attached hydrogens (tertiary/aromatic N) is 2. The van der Waals surface area contributed by atoms with E-state index in [4.69, 9.17) is 0 Å². The molecule has 4 nitrogen and oxygen atoms in total. The molecule has 1 aromatic rings. The Hall–Kier alpha value is -2.01. The SMILES string of the molecule is C/C=C/C(=O)Nc1ccc(C2=CSC3=NCCN23)cc1. The predicted molar refractivity (Wildman–Crippen MR) is 84.5 cm³/mol. The van der Waals surface area contributed by atoms with Crippen molar-refractivity contribution in [3.8, 4) is 0 Å². The van der Waals surface area contributed by atoms with Gasteiger partial charge in [0.2, 0.25) is 5.91 Å². The molecule has 2 aliphatic rings. The van der Waals surface area contributed by atoms with Gasteiger partial charge < -0.3 is 10.2 Å². The monoisotopic (exact) mass is 285 g/mol. The summed E-state index contributed by atoms with van der Waals surface area (Å²) in [4.78, 5) is 18.1. The third kappa shape index (κ3) is 2.49. The lowest BCUT2D eigenvalue weighted by molar-refractivity contribution is -0.111. The van der Waals surface area contributed by atoms with Gasteiger partial charge in [-0.15, -0.1) is 0 Å². The molecule has 1 amide bonds. The van der Waals surface area contributed by atoms with E-state index in [1.807, 2.05) is 31.2 Å². The summed E-state index contributed by atoms with van der Waals surface area (Å²) in [5.74, 6) is -0.107. The maximum Gasteiger partial charge on any atom is 0.248 e. The van der Waals surface area contributed by atoms with Crippen LogP contribution < -0.4 is 5.32 Å². The Morgan fingerprint density at radius 1 is 1.40 bits per heavy atom. The molecular weight excluding hydrogens is 270 g/mol. The summed E-state index contributed by atoms with van der Waals surface area (Å²) in [6.07, 6.45) is 3.23. The molecule has 0 unspecified atom stereocenters. The van der Waals surface area contributed by atoms with E-state index in [2.05, 4.69) is 20.6 Å². The molecule has 0 fully saturated rings. The van der Waals surface area contributed by atoms with Crippen LogP contribution in [-0.2, 0) is 4.79 Å². The van der Waals surface area contributed by atoms with Gasteiger partial charge in [-0.2, -0.15) is 0 Å². The van der Waals surface area contributed by atoms with Gasteiger partial charge in [-0.3, -0.25) is 9.79 Å². The molecule has 1 N–H and O–H groups in total. The Morgan fingerprint density at radius 3 is 2.95 bits per heavy atom. The number of hydrogen-bond donors (Lipinski definition) is 1. The topological polar surface area (TPSA) is 44.7 Å². The predicted octanol–water partition coefficient (Wildman–Crippen LogP) is 2.92. The zero-order valence-corrected chi connectivity index (χ0v) is 12.0. The van der Waals surface area contributed by atoms with Crippen molar-refractivity contribution in [2.24, 2.45) is 4.99 Å². The van der Waals surface area contributed by atoms with E-state index in [9.17, 15) is 4.79 Å². The minimum Gasteiger partial charge on any atom is -0.323 e. The Morgan fingerprint density at radius 2 is 2.20 bits per heavy atom. The minimum absolute atomic E-state index is 0.107. The van der Waals surface area contributed by atoms with Gasteiger partial charge in [0.15, 0.2) is 5.17 Å². The number of carbonyl (C=O) groups excluding carboxylic acids is 1. The lowest BCUT2D eigenvalue weighted by atomic mass is 10.1. The normalized spacial score (nSPS) is 17.1. The highest BCUT2D eigenvalue weighted by atomic mass is 32.2. The summed E-state index contributed by atoms with van der Waals surface area (Å²) in [6, 6.07) is 7.90. The van der Waals surface area contributed by atoms with Crippen LogP contribution in [0.1, 0.15) is 12.5 Å². The van der Waals surface area contributed by atoms with Crippen molar-refractivity contribution in [3.63, 3.8) is 0 Å². The molecule has 20 heavy (non-hydrogen) atoms. The van der Waals surface area contributed by atoms with E-state index in [1.165, 1.54) is 11.8 Å². The fourth-order valence-electron chi connectivity index (χ4n) is 2.21. The molecule has 0 aliphatic carbocycles. The molecule has 3 rings (SSSR count). The summed E-state index contributed by atoms with van der Waals surface area (Å²) in [7, 11) is 0. The number of anilines is 1. The first-order valence-electron chi connectivity index (χ1n) is 6.51. The highest BCUT2D eigenvalue weighted by Crippen LogP contribution is 2.35. The van der Waals surface area contributed by atoms with Crippen LogP contribution in [0.3, 0.4) is 0 Å². The first-order valence-corrected chi connectivity index (χ1v) is 7.39. The summed E-state index contributed by atoms with van der Waals surface area (Å²) in [5.41, 5.74) is 3.14. The van der Waals surface area contributed by atoms with Crippen LogP contribution in [0.15, 0.2) is 46.8 Å². The molecule has 102 valence electrons. The van der Waals surface area contributed by atoms with Crippen molar-refractivity contribution in [1.82, 2.24) is 4.90 Å². The van der Waals surface area contributed by atoms with Crippen LogP contribution in [0, 0.1) is 0 Å². The molecule has 0 atom stereocenters. The molecule has 2 aliphatic heterocycles. The van der Waals surface area contributed by atoms with E-state index in [0.29, 0.717) is 0 Å². The Kier molecular flexibility index (Phi) is 3.60. The zero-order chi connectivity index (χ0) is 13.9. The Balaban J connectivity index is 1.74. The first-order chi connectivity index (χ1) is 9.78. The molecule has 0 aromatic heterocycles. The van der Waals surface area contributed by atoms with E-state index < -0.39 is 0 Å². The van der Waals surface area contributed by atoms with E-state index >= 15 is 0 Å². The molecule has 2 heterocycles. The van der Waals surface area contributed by atoms with Crippen molar-refractivity contribution in [2.45, 2.75) is 6.92 Å². The second-order valence-electron chi connectivity index (χ2n) is 4.50. The molecule has 0 saturated carbocycles. The number of nitrogens with one attached hydrogen (secondary N) is 1. The molecule has 0 spiro atoms. The number of aliphatic imine (C=N–C) groups is 1. The minimum atomic E-state index is -0.107. The third-order valence-corrected chi connectivity index (χ3v) is 4.04. The van der Waals surface area contributed by atoms with Gasteiger partial charge in [-0.1, -0.05) is 30.0 Å². The summed E-state index contributed by atoms with van der Waals surface area (Å²) < 4.78 is 0. The van der Waals surface area contributed by atoms with Crippen molar-refractivity contribution < 1.29 is 4.79 Å². The van der Waals surface area contributed by atoms with Gasteiger partial charge in [0.05, 0.1) is 12.2 Å². The Labute approximate surface area is 122 Å². The number of fused-ring (bicyclic) bond motifs is 1. The number of benzene rings is 1. The third-order valence-electron chi connectivity index (χ3n) is 3.13. The standard InChI is InChI=1S/C15H15N3OS/c1-2-3-14(19)17-12-6-4-11(5-7-12)13-10-20-15-16-8-9-18(13)15/h2-7,10H,8-9H2,1H3,(H,17,19)/b3-2+. The van der Waals surface area contributed by atoms with Crippen LogP contribution in [0.2, 0.25) is 0 Å². The molecular formula is C15H15N3OS. The number of amides is 1. The lowest BCUT2D eigenvalue weighted by Gasteiger charge is -2.16. The number of rotatable bonds is 3. The van der Waals surface area contributed by atoms with Crippen LogP contribution in [0.25, 0.3) is 5.70 Å². The molecule has 0 radical (unpaired) electrons. The van der Waals surface area contributed by atoms with E-state index in [0.717, 1.165) is 29.5 Å². The van der Waals surface area contributed by atoms with Crippen LogP contribution in [0.5, 0.6) is 0 Å². The van der Waals surface area contributed by atoms with Gasteiger partial charge in [0.1, 0.15) is 0 Å². The number of amidine groups is 1. The van der Waals surface area contributed by atoms with Crippen LogP contribution in [0.4, 0.5) is 5.69 Å². The highest BCUT2D eigenvalue weighted by Gasteiger charge is 2.26. The van der Waals surface area contributed by atoms with Gasteiger partial charge in [-0.05, 0) is 30.7 Å². The average Bonchev–Trinajstić information content (AvgIpc) is 3.02. The quantitative estimate of drug-likeness (QED) is 0.869. The first kappa shape index (κ1) is 13.0. The molecule has 0 saturated heterocycles. The largest absolute Gasteiger partial charge is 0.323 e. The number of hydrogen-bond acceptors (Lipinski definition) is 4. The summed E-state index contributed by atoms with van der Waals surface area (Å²) in [5, 5.41) is 6.04. The fraction of sp³-hybridized carbons (Fsp3) is 0.200. The maximum atomic E-state index is 11.5. The lowest BCUT2D eigenvalue weighted by Crippen LogP contribution is -2.19. The molecule has 1 aromatic carbocycles. The van der Waals surface area contributed by atoms with E-state index in [-0.39, 0.29) is 5.91 Å². The number of carbonyl (C=O) groups is 1. The van der Waals surface area contributed by atoms with Crippen molar-refractivity contribution in [3.05, 3.63) is 47.4 Å². The van der Waals surface area contributed by atoms with Crippen molar-refractivity contribution in [2.75, 3.05) is 18.4 Å². The second-order valence-corrected chi connectivity index (χ2v) is 5.34. The summed E-state index contributed by atoms with van der Waals surface area (Å²) in [6.45, 7) is 3.65. The van der Waals surface area contributed by atoms with E-state index in [1.54, 1.807) is 17.8 Å². The average molecular weight is 285 g/mol. The summed E-state index contributed by atoms with van der Waals surface area (Å²) >= 11 is 1.67. The van der Waals surface area contributed by atoms with Gasteiger partial charge in [-0.25, -0.2) is 0 Å². The fourth-order valence-corrected chi connectivity index (χ4v) is 3.17. The molecule has 0 bridgehead atoms. The van der Waals surface area contributed by atoms with Crippen molar-refractivity contribution >= 4 is 34.2 Å². The van der Waals surface area contributed by atoms with Gasteiger partial charge >= 0.3 is 0 Å². The zero-order valence-electron chi connectivity index (χ0n) is 11.2. The van der Waals surface area contributed by atoms with Crippen molar-refractivity contribution in [1.29, 1.82) is 0 Å². The highest BCUT2D eigenvalue weighted by molar-refractivity contribution is 8.16. The smallest absolute Gasteiger partial charge is 0.248 e. The second kappa shape index (κ2) is 5.54. The number of thioether (sulfide) groups is 1. The van der Waals surface area contributed by atoms with Gasteiger partial charge in [0, 0.05) is 17.6 Å². The van der Waals surface area contributed by atoms with Crippen LogP contribution in [-0.4, -0.2) is 29.1 Å². The Bertz CT molecular complexity index is 617. The van der Waals surface area contributed by atoms with Gasteiger partial charge in [0.25, 0.3) is 0 Å².